The number of carbonyl (C=O) groups is 1. The average molecular weight is 254 g/mol. The Bertz CT molecular complexity index is 231. The minimum Gasteiger partial charge on any atom is -0.366 e. The van der Waals surface area contributed by atoms with Crippen LogP contribution in [0.1, 0.15) is 58.8 Å². The number of nitrogens with two attached hydrogens (primary N) is 1. The van der Waals surface area contributed by atoms with Crippen molar-refractivity contribution in [2.24, 2.45) is 5.73 Å². The highest BCUT2D eigenvalue weighted by Crippen LogP contribution is 2.07. The van der Waals surface area contributed by atoms with E-state index in [4.69, 9.17) is 5.73 Å². The van der Waals surface area contributed by atoms with Crippen LogP contribution in [0.15, 0.2) is 12.2 Å². The smallest absolute Gasteiger partial charge is 0.244 e. The molecule has 0 radical (unpaired) electrons. The molecular weight excluding hydrogens is 224 g/mol. The standard InChI is InChI=1S/C15H30N2O/c1-4-6-11-17(12-7-5-2)13-9-8-10-14(3)15(16)18/h3-13H2,1-2H3,(H2,16,18). The Balaban J connectivity index is 3.73. The molecule has 3 heteroatoms. The van der Waals surface area contributed by atoms with Gasteiger partial charge in [0.05, 0.1) is 0 Å². The van der Waals surface area contributed by atoms with Crippen LogP contribution in [0.2, 0.25) is 0 Å². The van der Waals surface area contributed by atoms with E-state index in [9.17, 15) is 4.79 Å². The van der Waals surface area contributed by atoms with Crippen molar-refractivity contribution in [1.82, 2.24) is 4.90 Å². The molecule has 18 heavy (non-hydrogen) atoms. The molecule has 1 amide bonds. The fraction of sp³-hybridized carbons (Fsp3) is 0.800. The van der Waals surface area contributed by atoms with E-state index in [-0.39, 0.29) is 5.91 Å². The van der Waals surface area contributed by atoms with Crippen LogP contribution in [0.3, 0.4) is 0 Å². The van der Waals surface area contributed by atoms with Crippen molar-refractivity contribution in [2.75, 3.05) is 19.6 Å². The normalized spacial score (nSPS) is 10.8. The molecule has 0 aliphatic carbocycles. The van der Waals surface area contributed by atoms with Crippen LogP contribution in [0, 0.1) is 0 Å². The third-order valence-electron chi connectivity index (χ3n) is 3.21. The van der Waals surface area contributed by atoms with Gasteiger partial charge in [-0.2, -0.15) is 0 Å². The molecule has 0 aromatic carbocycles. The maximum Gasteiger partial charge on any atom is 0.244 e. The highest BCUT2D eigenvalue weighted by atomic mass is 16.1. The van der Waals surface area contributed by atoms with Gasteiger partial charge < -0.3 is 10.6 Å². The molecule has 0 atom stereocenters. The minimum absolute atomic E-state index is 0.358. The van der Waals surface area contributed by atoms with Crippen molar-refractivity contribution in [3.05, 3.63) is 12.2 Å². The summed E-state index contributed by atoms with van der Waals surface area (Å²) in [5.41, 5.74) is 5.72. The summed E-state index contributed by atoms with van der Waals surface area (Å²) in [7, 11) is 0. The molecule has 0 unspecified atom stereocenters. The maximum atomic E-state index is 10.8. The summed E-state index contributed by atoms with van der Waals surface area (Å²) in [4.78, 5) is 13.4. The Hall–Kier alpha value is -0.830. The monoisotopic (exact) mass is 254 g/mol. The summed E-state index contributed by atoms with van der Waals surface area (Å²) in [6, 6.07) is 0. The molecule has 0 aromatic rings. The van der Waals surface area contributed by atoms with Crippen molar-refractivity contribution in [2.45, 2.75) is 58.8 Å². The first-order valence-corrected chi connectivity index (χ1v) is 7.31. The second-order valence-corrected chi connectivity index (χ2v) is 4.97. The highest BCUT2D eigenvalue weighted by molar-refractivity contribution is 5.91. The van der Waals surface area contributed by atoms with Crippen LogP contribution in [0.25, 0.3) is 0 Å². The second kappa shape index (κ2) is 11.3. The first kappa shape index (κ1) is 17.2. The van der Waals surface area contributed by atoms with Crippen LogP contribution in [0.5, 0.6) is 0 Å². The van der Waals surface area contributed by atoms with Gasteiger partial charge >= 0.3 is 0 Å². The van der Waals surface area contributed by atoms with E-state index in [2.05, 4.69) is 25.3 Å². The van der Waals surface area contributed by atoms with E-state index in [1.165, 1.54) is 38.8 Å². The molecule has 0 spiro atoms. The average Bonchev–Trinajstić information content (AvgIpc) is 2.36. The predicted molar refractivity (Wildman–Crippen MR) is 78.4 cm³/mol. The van der Waals surface area contributed by atoms with E-state index < -0.39 is 0 Å². The Labute approximate surface area is 112 Å². The first-order chi connectivity index (χ1) is 8.61. The molecule has 106 valence electrons. The third kappa shape index (κ3) is 9.23. The predicted octanol–water partition coefficient (Wildman–Crippen LogP) is 3.10. The lowest BCUT2D eigenvalue weighted by Gasteiger charge is -2.21. The van der Waals surface area contributed by atoms with Crippen LogP contribution >= 0.6 is 0 Å². The van der Waals surface area contributed by atoms with Crippen LogP contribution in [-0.2, 0) is 4.79 Å². The van der Waals surface area contributed by atoms with Gasteiger partial charge in [0.2, 0.25) is 5.91 Å². The molecule has 0 saturated heterocycles. The third-order valence-corrected chi connectivity index (χ3v) is 3.21. The fourth-order valence-corrected chi connectivity index (χ4v) is 1.90. The van der Waals surface area contributed by atoms with E-state index in [0.717, 1.165) is 25.8 Å². The zero-order valence-corrected chi connectivity index (χ0v) is 12.2. The molecule has 0 aliphatic rings. The quantitative estimate of drug-likeness (QED) is 0.430. The fourth-order valence-electron chi connectivity index (χ4n) is 1.90. The molecule has 0 aliphatic heterocycles. The number of nitrogens with zero attached hydrogens (tertiary/aromatic N) is 1. The molecule has 0 aromatic heterocycles. The molecular formula is C15H30N2O. The molecule has 0 saturated carbocycles. The van der Waals surface area contributed by atoms with Gasteiger partial charge in [-0.15, -0.1) is 0 Å². The van der Waals surface area contributed by atoms with Gasteiger partial charge in [0.15, 0.2) is 0 Å². The SMILES string of the molecule is C=C(CCCCN(CCCC)CCCC)C(N)=O. The highest BCUT2D eigenvalue weighted by Gasteiger charge is 2.05. The van der Waals surface area contributed by atoms with Gasteiger partial charge in [0.1, 0.15) is 0 Å². The van der Waals surface area contributed by atoms with E-state index in [1.54, 1.807) is 0 Å². The number of carbonyl (C=O) groups excluding carboxylic acids is 1. The van der Waals surface area contributed by atoms with Gasteiger partial charge in [0.25, 0.3) is 0 Å². The summed E-state index contributed by atoms with van der Waals surface area (Å²) in [5, 5.41) is 0. The molecule has 0 bridgehead atoms. The summed E-state index contributed by atoms with van der Waals surface area (Å²) in [5.74, 6) is -0.358. The van der Waals surface area contributed by atoms with Gasteiger partial charge in [-0.3, -0.25) is 4.79 Å². The molecule has 3 nitrogen and oxygen atoms in total. The topological polar surface area (TPSA) is 46.3 Å². The Kier molecular flexibility index (Phi) is 10.8. The van der Waals surface area contributed by atoms with E-state index in [1.807, 2.05) is 0 Å². The van der Waals surface area contributed by atoms with E-state index >= 15 is 0 Å². The van der Waals surface area contributed by atoms with Gasteiger partial charge in [0, 0.05) is 5.57 Å². The number of unbranched alkanes of at least 4 members (excludes halogenated alkanes) is 3. The van der Waals surface area contributed by atoms with Crippen LogP contribution < -0.4 is 5.73 Å². The molecule has 2 N–H and O–H groups in total. The Morgan fingerprint density at radius 1 is 1.00 bits per heavy atom. The van der Waals surface area contributed by atoms with Crippen molar-refractivity contribution in [3.8, 4) is 0 Å². The summed E-state index contributed by atoms with van der Waals surface area (Å²) >= 11 is 0. The minimum atomic E-state index is -0.358. The number of hydrogen-bond acceptors (Lipinski definition) is 2. The lowest BCUT2D eigenvalue weighted by Crippen LogP contribution is -2.27. The van der Waals surface area contributed by atoms with Gasteiger partial charge in [-0.25, -0.2) is 0 Å². The summed E-state index contributed by atoms with van der Waals surface area (Å²) in [6.07, 6.45) is 7.93. The Morgan fingerprint density at radius 3 is 1.94 bits per heavy atom. The lowest BCUT2D eigenvalue weighted by atomic mass is 10.1. The first-order valence-electron chi connectivity index (χ1n) is 7.31. The molecule has 0 fully saturated rings. The van der Waals surface area contributed by atoms with Crippen molar-refractivity contribution in [1.29, 1.82) is 0 Å². The van der Waals surface area contributed by atoms with Gasteiger partial charge in [-0.1, -0.05) is 33.3 Å². The summed E-state index contributed by atoms with van der Waals surface area (Å²) < 4.78 is 0. The van der Waals surface area contributed by atoms with Crippen molar-refractivity contribution >= 4 is 5.91 Å². The number of primary amides is 1. The zero-order chi connectivity index (χ0) is 13.8. The zero-order valence-electron chi connectivity index (χ0n) is 12.2. The molecule has 0 rings (SSSR count). The van der Waals surface area contributed by atoms with Crippen LogP contribution in [-0.4, -0.2) is 30.4 Å². The van der Waals surface area contributed by atoms with Crippen molar-refractivity contribution < 1.29 is 4.79 Å². The lowest BCUT2D eigenvalue weighted by molar-refractivity contribution is -0.114. The van der Waals surface area contributed by atoms with Crippen molar-refractivity contribution in [3.63, 3.8) is 0 Å². The molecule has 0 heterocycles. The number of amides is 1. The van der Waals surface area contributed by atoms with E-state index in [0.29, 0.717) is 5.57 Å². The number of hydrogen-bond donors (Lipinski definition) is 1. The maximum absolute atomic E-state index is 10.8. The summed E-state index contributed by atoms with van der Waals surface area (Å²) in [6.45, 7) is 11.7. The van der Waals surface area contributed by atoms with Gasteiger partial charge in [-0.05, 0) is 51.7 Å². The van der Waals surface area contributed by atoms with Crippen LogP contribution in [0.4, 0.5) is 0 Å². The largest absolute Gasteiger partial charge is 0.366 e. The Morgan fingerprint density at radius 2 is 1.50 bits per heavy atom. The second-order valence-electron chi connectivity index (χ2n) is 4.97. The number of rotatable bonds is 12.